The van der Waals surface area contributed by atoms with Crippen molar-refractivity contribution in [1.82, 2.24) is 10.3 Å². The first-order valence-electron chi connectivity index (χ1n) is 9.62. The van der Waals surface area contributed by atoms with Crippen molar-refractivity contribution in [3.8, 4) is 11.1 Å². The fraction of sp³-hybridized carbons (Fsp3) is 0.174. The van der Waals surface area contributed by atoms with Crippen molar-refractivity contribution in [2.24, 2.45) is 5.73 Å². The molecule has 0 aliphatic heterocycles. The van der Waals surface area contributed by atoms with Crippen molar-refractivity contribution in [3.63, 3.8) is 0 Å². The van der Waals surface area contributed by atoms with Crippen LogP contribution in [0.1, 0.15) is 29.7 Å². The predicted molar refractivity (Wildman–Crippen MR) is 113 cm³/mol. The lowest BCUT2D eigenvalue weighted by Crippen LogP contribution is -2.31. The number of amidine groups is 1. The number of carbonyl (C=O) groups is 1. The van der Waals surface area contributed by atoms with E-state index in [1.165, 1.54) is 6.20 Å². The first-order valence-corrected chi connectivity index (χ1v) is 9.62. The van der Waals surface area contributed by atoms with E-state index in [0.29, 0.717) is 16.7 Å². The standard InChI is InChI=1S/C23H22F2N4O2/c1-2-31-21(23(30)29-12-14-5-7-15(8-6-14)22(26)27)20-18(24)10-17(11-19(20)25)16-4-3-9-28-13-16/h3-11,13,21H,2,12H2,1H3,(H3,26,27)(H,29,30)/t21-/m0/s1. The molecule has 0 fully saturated rings. The van der Waals surface area contributed by atoms with Gasteiger partial charge in [0, 0.05) is 36.7 Å². The summed E-state index contributed by atoms with van der Waals surface area (Å²) in [6, 6.07) is 12.4. The number of pyridine rings is 1. The molecule has 0 unspecified atom stereocenters. The lowest BCUT2D eigenvalue weighted by molar-refractivity contribution is -0.133. The largest absolute Gasteiger partial charge is 0.384 e. The number of benzene rings is 2. The molecule has 3 aromatic rings. The molecule has 0 saturated carbocycles. The number of hydrogen-bond donors (Lipinski definition) is 3. The van der Waals surface area contributed by atoms with Crippen molar-refractivity contribution in [3.05, 3.63) is 89.2 Å². The molecule has 4 N–H and O–H groups in total. The lowest BCUT2D eigenvalue weighted by atomic mass is 10.0. The molecule has 0 radical (unpaired) electrons. The van der Waals surface area contributed by atoms with Crippen molar-refractivity contribution < 1.29 is 18.3 Å². The Morgan fingerprint density at radius 2 is 1.84 bits per heavy atom. The molecule has 6 nitrogen and oxygen atoms in total. The fourth-order valence-corrected chi connectivity index (χ4v) is 3.08. The molecule has 1 amide bonds. The second-order valence-corrected chi connectivity index (χ2v) is 6.76. The Balaban J connectivity index is 1.80. The maximum atomic E-state index is 14.9. The number of amides is 1. The van der Waals surface area contributed by atoms with Gasteiger partial charge in [0.05, 0.1) is 5.56 Å². The van der Waals surface area contributed by atoms with Crippen LogP contribution in [0.15, 0.2) is 60.9 Å². The molecule has 1 aromatic heterocycles. The number of halogens is 2. The Labute approximate surface area is 178 Å². The van der Waals surface area contributed by atoms with Gasteiger partial charge >= 0.3 is 0 Å². The minimum absolute atomic E-state index is 0.0623. The quantitative estimate of drug-likeness (QED) is 0.379. The molecule has 1 heterocycles. The Hall–Kier alpha value is -3.65. The molecule has 8 heteroatoms. The topological polar surface area (TPSA) is 101 Å². The predicted octanol–water partition coefficient (Wildman–Crippen LogP) is 3.70. The number of nitrogen functional groups attached to an aromatic ring is 1. The molecular weight excluding hydrogens is 402 g/mol. The summed E-state index contributed by atoms with van der Waals surface area (Å²) in [5.41, 5.74) is 7.14. The smallest absolute Gasteiger partial charge is 0.254 e. The zero-order valence-electron chi connectivity index (χ0n) is 16.9. The fourth-order valence-electron chi connectivity index (χ4n) is 3.08. The third-order valence-corrected chi connectivity index (χ3v) is 4.64. The van der Waals surface area contributed by atoms with Crippen LogP contribution in [0, 0.1) is 17.0 Å². The first kappa shape index (κ1) is 22.0. The van der Waals surface area contributed by atoms with Gasteiger partial charge in [-0.15, -0.1) is 0 Å². The van der Waals surface area contributed by atoms with Crippen LogP contribution in [0.4, 0.5) is 8.78 Å². The van der Waals surface area contributed by atoms with E-state index in [0.717, 1.165) is 17.7 Å². The van der Waals surface area contributed by atoms with Gasteiger partial charge in [-0.05, 0) is 36.2 Å². The lowest BCUT2D eigenvalue weighted by Gasteiger charge is -2.19. The van der Waals surface area contributed by atoms with E-state index in [1.54, 1.807) is 49.5 Å². The summed E-state index contributed by atoms with van der Waals surface area (Å²) in [7, 11) is 0. The summed E-state index contributed by atoms with van der Waals surface area (Å²) in [6.07, 6.45) is 1.62. The van der Waals surface area contributed by atoms with Crippen molar-refractivity contribution in [2.75, 3.05) is 6.61 Å². The summed E-state index contributed by atoms with van der Waals surface area (Å²) in [4.78, 5) is 16.7. The molecule has 0 saturated heterocycles. The molecule has 0 bridgehead atoms. The van der Waals surface area contributed by atoms with Gasteiger partial charge in [-0.25, -0.2) is 8.78 Å². The zero-order chi connectivity index (χ0) is 22.4. The van der Waals surface area contributed by atoms with Gasteiger partial charge in [0.15, 0.2) is 6.10 Å². The summed E-state index contributed by atoms with van der Waals surface area (Å²) in [5.74, 6) is -2.48. The highest BCUT2D eigenvalue weighted by atomic mass is 19.1. The molecule has 0 aliphatic rings. The monoisotopic (exact) mass is 424 g/mol. The Morgan fingerprint density at radius 3 is 2.39 bits per heavy atom. The minimum atomic E-state index is -1.44. The summed E-state index contributed by atoms with van der Waals surface area (Å²) in [6.45, 7) is 1.85. The van der Waals surface area contributed by atoms with Gasteiger partial charge in [-0.2, -0.15) is 0 Å². The molecule has 3 rings (SSSR count). The maximum absolute atomic E-state index is 14.9. The third-order valence-electron chi connectivity index (χ3n) is 4.64. The summed E-state index contributed by atoms with van der Waals surface area (Å²) in [5, 5.41) is 10.0. The van der Waals surface area contributed by atoms with Crippen LogP contribution in [0.3, 0.4) is 0 Å². The molecule has 160 valence electrons. The van der Waals surface area contributed by atoms with Crippen molar-refractivity contribution in [2.45, 2.75) is 19.6 Å². The van der Waals surface area contributed by atoms with Crippen LogP contribution in [-0.4, -0.2) is 23.3 Å². The number of nitrogens with one attached hydrogen (secondary N) is 2. The normalized spacial score (nSPS) is 11.7. The third kappa shape index (κ3) is 5.29. The van der Waals surface area contributed by atoms with Crippen LogP contribution in [0.25, 0.3) is 11.1 Å². The zero-order valence-corrected chi connectivity index (χ0v) is 16.9. The van der Waals surface area contributed by atoms with E-state index in [9.17, 15) is 13.6 Å². The minimum Gasteiger partial charge on any atom is -0.384 e. The molecule has 31 heavy (non-hydrogen) atoms. The average molecular weight is 424 g/mol. The highest BCUT2D eigenvalue weighted by Crippen LogP contribution is 2.29. The summed E-state index contributed by atoms with van der Waals surface area (Å²) < 4.78 is 35.1. The number of nitrogens with zero attached hydrogens (tertiary/aromatic N) is 1. The van der Waals surface area contributed by atoms with Gasteiger partial charge < -0.3 is 15.8 Å². The first-order chi connectivity index (χ1) is 14.9. The molecule has 1 atom stereocenters. The second kappa shape index (κ2) is 9.90. The van der Waals surface area contributed by atoms with Gasteiger partial charge in [0.1, 0.15) is 17.5 Å². The van der Waals surface area contributed by atoms with Crippen molar-refractivity contribution in [1.29, 1.82) is 5.41 Å². The van der Waals surface area contributed by atoms with E-state index < -0.39 is 29.2 Å². The van der Waals surface area contributed by atoms with E-state index in [4.69, 9.17) is 15.9 Å². The molecule has 0 aliphatic carbocycles. The number of aromatic nitrogens is 1. The van der Waals surface area contributed by atoms with Crippen LogP contribution in [0.2, 0.25) is 0 Å². The van der Waals surface area contributed by atoms with Crippen LogP contribution in [-0.2, 0) is 16.1 Å². The van der Waals surface area contributed by atoms with E-state index in [2.05, 4.69) is 10.3 Å². The van der Waals surface area contributed by atoms with Crippen molar-refractivity contribution >= 4 is 11.7 Å². The number of carbonyl (C=O) groups excluding carboxylic acids is 1. The molecular formula is C23H22F2N4O2. The van der Waals surface area contributed by atoms with E-state index >= 15 is 0 Å². The van der Waals surface area contributed by atoms with Gasteiger partial charge in [-0.3, -0.25) is 15.2 Å². The number of ether oxygens (including phenoxy) is 1. The number of nitrogens with two attached hydrogens (primary N) is 1. The number of hydrogen-bond acceptors (Lipinski definition) is 4. The number of rotatable bonds is 8. The molecule has 2 aromatic carbocycles. The van der Waals surface area contributed by atoms with Crippen LogP contribution < -0.4 is 11.1 Å². The molecule has 0 spiro atoms. The maximum Gasteiger partial charge on any atom is 0.254 e. The highest BCUT2D eigenvalue weighted by Gasteiger charge is 2.28. The SMILES string of the molecule is CCO[C@H](C(=O)NCc1ccc(C(=N)N)cc1)c1c(F)cc(-c2cccnc2)cc1F. The summed E-state index contributed by atoms with van der Waals surface area (Å²) >= 11 is 0. The average Bonchev–Trinajstić information content (AvgIpc) is 2.77. The van der Waals surface area contributed by atoms with Gasteiger partial charge in [0.25, 0.3) is 5.91 Å². The Morgan fingerprint density at radius 1 is 1.16 bits per heavy atom. The van der Waals surface area contributed by atoms with Crippen LogP contribution >= 0.6 is 0 Å². The van der Waals surface area contributed by atoms with Crippen LogP contribution in [0.5, 0.6) is 0 Å². The van der Waals surface area contributed by atoms with Gasteiger partial charge in [0.2, 0.25) is 0 Å². The van der Waals surface area contributed by atoms with E-state index in [-0.39, 0.29) is 19.0 Å². The second-order valence-electron chi connectivity index (χ2n) is 6.76. The highest BCUT2D eigenvalue weighted by molar-refractivity contribution is 5.94. The Bertz CT molecular complexity index is 1050. The van der Waals surface area contributed by atoms with E-state index in [1.807, 2.05) is 0 Å². The Kier molecular flexibility index (Phi) is 7.04. The van der Waals surface area contributed by atoms with Gasteiger partial charge in [-0.1, -0.05) is 30.3 Å².